The number of aliphatic carboxylic acids is 1. The summed E-state index contributed by atoms with van der Waals surface area (Å²) in [5.74, 6) is -3.28. The van der Waals surface area contributed by atoms with E-state index in [1.807, 2.05) is 0 Å². The Hall–Kier alpha value is -2.24. The Kier molecular flexibility index (Phi) is 9.66. The number of nitrogens with zero attached hydrogens (tertiary/aromatic N) is 1. The zero-order chi connectivity index (χ0) is 23.2. The molecule has 0 spiro atoms. The van der Waals surface area contributed by atoms with Crippen molar-refractivity contribution in [2.24, 2.45) is 11.7 Å². The number of hydrogen-bond donors (Lipinski definition) is 6. The Morgan fingerprint density at radius 1 is 1.07 bits per heavy atom. The van der Waals surface area contributed by atoms with Gasteiger partial charge < -0.3 is 36.6 Å². The minimum Gasteiger partial charge on any atom is -0.480 e. The lowest BCUT2D eigenvalue weighted by Gasteiger charge is -2.30. The average molecular weight is 431 g/mol. The molecule has 172 valence electrons. The number of rotatable bonds is 10. The third kappa shape index (κ3) is 6.92. The third-order valence-corrected chi connectivity index (χ3v) is 5.03. The first-order valence-corrected chi connectivity index (χ1v) is 10.1. The van der Waals surface area contributed by atoms with Gasteiger partial charge in [-0.3, -0.25) is 14.4 Å². The molecule has 1 aliphatic rings. The van der Waals surface area contributed by atoms with Gasteiger partial charge in [-0.2, -0.15) is 0 Å². The van der Waals surface area contributed by atoms with Crippen LogP contribution in [0.4, 0.5) is 0 Å². The van der Waals surface area contributed by atoms with Crippen molar-refractivity contribution in [2.75, 3.05) is 6.54 Å². The molecular weight excluding hydrogens is 396 g/mol. The number of carbonyl (C=O) groups is 4. The van der Waals surface area contributed by atoms with Crippen molar-refractivity contribution in [1.82, 2.24) is 15.5 Å². The predicted octanol–water partition coefficient (Wildman–Crippen LogP) is -1.83. The Morgan fingerprint density at radius 3 is 2.13 bits per heavy atom. The van der Waals surface area contributed by atoms with Crippen molar-refractivity contribution < 1.29 is 34.5 Å². The van der Waals surface area contributed by atoms with E-state index in [-0.39, 0.29) is 18.9 Å². The summed E-state index contributed by atoms with van der Waals surface area (Å²) in [5.41, 5.74) is 5.69. The molecule has 1 rings (SSSR count). The zero-order valence-electron chi connectivity index (χ0n) is 17.9. The lowest BCUT2D eigenvalue weighted by Crippen LogP contribution is -2.60. The first kappa shape index (κ1) is 25.8. The molecule has 3 amide bonds. The molecule has 11 nitrogen and oxygen atoms in total. The van der Waals surface area contributed by atoms with Gasteiger partial charge in [0, 0.05) is 6.54 Å². The van der Waals surface area contributed by atoms with Crippen molar-refractivity contribution in [3.8, 4) is 0 Å². The first-order valence-electron chi connectivity index (χ1n) is 10.1. The van der Waals surface area contributed by atoms with Crippen LogP contribution in [0.2, 0.25) is 0 Å². The van der Waals surface area contributed by atoms with Gasteiger partial charge in [0.25, 0.3) is 0 Å². The smallest absolute Gasteiger partial charge is 0.326 e. The van der Waals surface area contributed by atoms with E-state index < -0.39 is 60.1 Å². The number of aliphatic hydroxyl groups is 2. The number of hydrogen-bond acceptors (Lipinski definition) is 7. The molecular formula is C19H34N4O7. The van der Waals surface area contributed by atoms with Crippen LogP contribution < -0.4 is 16.4 Å². The molecule has 1 fully saturated rings. The van der Waals surface area contributed by atoms with Gasteiger partial charge in [-0.05, 0) is 39.0 Å². The fourth-order valence-corrected chi connectivity index (χ4v) is 3.31. The Morgan fingerprint density at radius 2 is 1.67 bits per heavy atom. The number of nitrogens with two attached hydrogens (primary N) is 1. The van der Waals surface area contributed by atoms with E-state index in [9.17, 15) is 34.5 Å². The topological polar surface area (TPSA) is 182 Å². The maximum Gasteiger partial charge on any atom is 0.326 e. The largest absolute Gasteiger partial charge is 0.480 e. The van der Waals surface area contributed by atoms with Crippen LogP contribution >= 0.6 is 0 Å². The third-order valence-electron chi connectivity index (χ3n) is 5.03. The highest BCUT2D eigenvalue weighted by Crippen LogP contribution is 2.19. The lowest BCUT2D eigenvalue weighted by molar-refractivity contribution is -0.144. The fourth-order valence-electron chi connectivity index (χ4n) is 3.31. The minimum atomic E-state index is -1.39. The molecule has 0 aromatic heterocycles. The van der Waals surface area contributed by atoms with Crippen LogP contribution in [0.25, 0.3) is 0 Å². The fraction of sp³-hybridized carbons (Fsp3) is 0.789. The van der Waals surface area contributed by atoms with Crippen molar-refractivity contribution in [1.29, 1.82) is 0 Å². The van der Waals surface area contributed by atoms with Crippen LogP contribution in [0.5, 0.6) is 0 Å². The summed E-state index contributed by atoms with van der Waals surface area (Å²) in [6, 6.07) is -4.64. The second-order valence-corrected chi connectivity index (χ2v) is 8.21. The maximum atomic E-state index is 12.8. The van der Waals surface area contributed by atoms with Gasteiger partial charge in [0.1, 0.15) is 24.2 Å². The second kappa shape index (κ2) is 11.2. The molecule has 0 saturated carbocycles. The van der Waals surface area contributed by atoms with Crippen molar-refractivity contribution in [3.63, 3.8) is 0 Å². The molecule has 6 atom stereocenters. The zero-order valence-corrected chi connectivity index (χ0v) is 17.9. The number of likely N-dealkylation sites (tertiary alicyclic amines) is 1. The van der Waals surface area contributed by atoms with Crippen LogP contribution in [0.3, 0.4) is 0 Å². The summed E-state index contributed by atoms with van der Waals surface area (Å²) in [5, 5.41) is 33.6. The summed E-state index contributed by atoms with van der Waals surface area (Å²) < 4.78 is 0. The standard InChI is InChI=1S/C19H34N4O7/c1-9(2)8-12(19(29)30)21-17(27)15(11(4)25)22-16(26)13-6-5-7-23(13)18(28)14(20)10(3)24/h9-15,24-25H,5-8,20H2,1-4H3,(H,21,27)(H,22,26)(H,29,30)/t10-,11-,12+,13+,14+,15+/m1/s1. The van der Waals surface area contributed by atoms with Gasteiger partial charge in [-0.25, -0.2) is 4.79 Å². The molecule has 1 aliphatic heterocycles. The van der Waals surface area contributed by atoms with E-state index in [0.29, 0.717) is 12.8 Å². The highest BCUT2D eigenvalue weighted by molar-refractivity contribution is 5.94. The van der Waals surface area contributed by atoms with Gasteiger partial charge in [-0.1, -0.05) is 13.8 Å². The molecule has 0 aliphatic carbocycles. The van der Waals surface area contributed by atoms with E-state index in [0.717, 1.165) is 0 Å². The quantitative estimate of drug-likeness (QED) is 0.234. The highest BCUT2D eigenvalue weighted by Gasteiger charge is 2.39. The number of carbonyl (C=O) groups excluding carboxylic acids is 3. The molecule has 0 bridgehead atoms. The van der Waals surface area contributed by atoms with Gasteiger partial charge in [-0.15, -0.1) is 0 Å². The van der Waals surface area contributed by atoms with E-state index in [1.54, 1.807) is 13.8 Å². The van der Waals surface area contributed by atoms with Crippen LogP contribution in [0.1, 0.15) is 47.0 Å². The summed E-state index contributed by atoms with van der Waals surface area (Å²) in [6.07, 6.45) is -1.33. The minimum absolute atomic E-state index is 0.00201. The van der Waals surface area contributed by atoms with Gasteiger partial charge in [0.05, 0.1) is 12.2 Å². The summed E-state index contributed by atoms with van der Waals surface area (Å²) >= 11 is 0. The predicted molar refractivity (Wildman–Crippen MR) is 107 cm³/mol. The molecule has 0 radical (unpaired) electrons. The summed E-state index contributed by atoms with van der Waals surface area (Å²) in [7, 11) is 0. The molecule has 7 N–H and O–H groups in total. The number of carboxylic acids is 1. The highest BCUT2D eigenvalue weighted by atomic mass is 16.4. The van der Waals surface area contributed by atoms with E-state index >= 15 is 0 Å². The lowest BCUT2D eigenvalue weighted by atomic mass is 10.0. The van der Waals surface area contributed by atoms with Gasteiger partial charge in [0.15, 0.2) is 0 Å². The Balaban J connectivity index is 2.89. The molecule has 1 heterocycles. The van der Waals surface area contributed by atoms with Crippen LogP contribution in [0.15, 0.2) is 0 Å². The molecule has 1 saturated heterocycles. The number of amides is 3. The van der Waals surface area contributed by atoms with Crippen molar-refractivity contribution >= 4 is 23.7 Å². The molecule has 11 heteroatoms. The van der Waals surface area contributed by atoms with Crippen molar-refractivity contribution in [2.45, 2.75) is 83.3 Å². The van der Waals surface area contributed by atoms with Crippen LogP contribution in [0, 0.1) is 5.92 Å². The SMILES string of the molecule is CC(C)C[C@H](NC(=O)[C@@H](NC(=O)[C@@H]1CCCN1C(=O)[C@@H](N)[C@@H](C)O)[C@@H](C)O)C(=O)O. The van der Waals surface area contributed by atoms with Gasteiger partial charge >= 0.3 is 5.97 Å². The summed E-state index contributed by atoms with van der Waals surface area (Å²) in [4.78, 5) is 50.4. The van der Waals surface area contributed by atoms with E-state index in [2.05, 4.69) is 10.6 Å². The second-order valence-electron chi connectivity index (χ2n) is 8.21. The monoisotopic (exact) mass is 430 g/mol. The maximum absolute atomic E-state index is 12.8. The normalized spacial score (nSPS) is 21.5. The number of nitrogens with one attached hydrogen (secondary N) is 2. The van der Waals surface area contributed by atoms with Crippen molar-refractivity contribution in [3.05, 3.63) is 0 Å². The van der Waals surface area contributed by atoms with Gasteiger partial charge in [0.2, 0.25) is 17.7 Å². The Bertz CT molecular complexity index is 638. The summed E-state index contributed by atoms with van der Waals surface area (Å²) in [6.45, 7) is 6.55. The number of aliphatic hydroxyl groups excluding tert-OH is 2. The Labute approximate surface area is 176 Å². The van der Waals surface area contributed by atoms with Crippen LogP contribution in [-0.4, -0.2) is 86.8 Å². The van der Waals surface area contributed by atoms with E-state index in [1.165, 1.54) is 18.7 Å². The van der Waals surface area contributed by atoms with E-state index in [4.69, 9.17) is 5.73 Å². The average Bonchev–Trinajstić information content (AvgIpc) is 3.12. The number of carboxylic acid groups (broad SMARTS) is 1. The molecule has 0 aromatic carbocycles. The molecule has 0 unspecified atom stereocenters. The molecule has 0 aromatic rings. The molecule has 30 heavy (non-hydrogen) atoms. The first-order chi connectivity index (χ1) is 13.9. The van der Waals surface area contributed by atoms with Crippen LogP contribution in [-0.2, 0) is 19.2 Å².